The summed E-state index contributed by atoms with van der Waals surface area (Å²) < 4.78 is 16.6. The minimum absolute atomic E-state index is 0.0148. The van der Waals surface area contributed by atoms with E-state index in [2.05, 4.69) is 10.2 Å². The lowest BCUT2D eigenvalue weighted by atomic mass is 10.1. The van der Waals surface area contributed by atoms with Crippen LogP contribution in [-0.4, -0.2) is 56.4 Å². The summed E-state index contributed by atoms with van der Waals surface area (Å²) in [5.41, 5.74) is 0. The van der Waals surface area contributed by atoms with E-state index >= 15 is 0 Å². The second-order valence-corrected chi connectivity index (χ2v) is 5.86. The van der Waals surface area contributed by atoms with Crippen molar-refractivity contribution in [1.82, 2.24) is 10.2 Å². The molecule has 6 heteroatoms. The molecule has 0 radical (unpaired) electrons. The van der Waals surface area contributed by atoms with Gasteiger partial charge in [0.15, 0.2) is 0 Å². The van der Waals surface area contributed by atoms with Crippen molar-refractivity contribution >= 4 is 5.91 Å². The summed E-state index contributed by atoms with van der Waals surface area (Å²) >= 11 is 0. The third-order valence-electron chi connectivity index (χ3n) is 4.27. The van der Waals surface area contributed by atoms with E-state index in [1.165, 1.54) is 0 Å². The molecule has 1 N–H and O–H groups in total. The molecule has 2 atom stereocenters. The van der Waals surface area contributed by atoms with E-state index < -0.39 is 0 Å². The first-order valence-corrected chi connectivity index (χ1v) is 8.01. The lowest BCUT2D eigenvalue weighted by Crippen LogP contribution is -2.45. The second-order valence-electron chi connectivity index (χ2n) is 5.86. The van der Waals surface area contributed by atoms with Gasteiger partial charge < -0.3 is 19.2 Å². The summed E-state index contributed by atoms with van der Waals surface area (Å²) in [6.07, 6.45) is 1.49. The van der Waals surface area contributed by atoms with Gasteiger partial charge in [-0.2, -0.15) is 0 Å². The highest BCUT2D eigenvalue weighted by atomic mass is 16.5. The van der Waals surface area contributed by atoms with Crippen LogP contribution in [0.4, 0.5) is 0 Å². The standard InChI is InChI=1S/C16H24N2O4/c1-12-4-5-14(22-12)13(18-6-9-20-10-7-18)11-17-16(19)15-3-2-8-21-15/h4-5,13,15H,2-3,6-11H2,1H3,(H,17,19)/t13-,15+/m0/s1. The number of nitrogens with one attached hydrogen (secondary N) is 1. The van der Waals surface area contributed by atoms with Gasteiger partial charge >= 0.3 is 0 Å². The molecular weight excluding hydrogens is 284 g/mol. The first-order chi connectivity index (χ1) is 10.7. The van der Waals surface area contributed by atoms with Crippen LogP contribution in [0.5, 0.6) is 0 Å². The number of aryl methyl sites for hydroxylation is 1. The van der Waals surface area contributed by atoms with Gasteiger partial charge in [-0.05, 0) is 31.9 Å². The molecule has 22 heavy (non-hydrogen) atoms. The maximum atomic E-state index is 12.2. The Hall–Kier alpha value is -1.37. The van der Waals surface area contributed by atoms with Crippen LogP contribution in [0.15, 0.2) is 16.5 Å². The lowest BCUT2D eigenvalue weighted by Gasteiger charge is -2.33. The van der Waals surface area contributed by atoms with Crippen LogP contribution in [0, 0.1) is 6.92 Å². The number of furan rings is 1. The Morgan fingerprint density at radius 2 is 2.18 bits per heavy atom. The zero-order valence-electron chi connectivity index (χ0n) is 13.0. The normalized spacial score (nSPS) is 24.3. The van der Waals surface area contributed by atoms with E-state index in [1.807, 2.05) is 19.1 Å². The average molecular weight is 308 g/mol. The van der Waals surface area contributed by atoms with Crippen LogP contribution < -0.4 is 5.32 Å². The fourth-order valence-electron chi connectivity index (χ4n) is 3.03. The molecule has 0 bridgehead atoms. The zero-order valence-corrected chi connectivity index (χ0v) is 13.0. The van der Waals surface area contributed by atoms with Crippen LogP contribution in [0.3, 0.4) is 0 Å². The van der Waals surface area contributed by atoms with Crippen LogP contribution in [0.1, 0.15) is 30.4 Å². The number of nitrogens with zero attached hydrogens (tertiary/aromatic N) is 1. The van der Waals surface area contributed by atoms with Crippen LogP contribution >= 0.6 is 0 Å². The van der Waals surface area contributed by atoms with Crippen molar-refractivity contribution in [3.05, 3.63) is 23.7 Å². The summed E-state index contributed by atoms with van der Waals surface area (Å²) in [4.78, 5) is 14.5. The third kappa shape index (κ3) is 3.69. The van der Waals surface area contributed by atoms with Gasteiger partial charge in [0, 0.05) is 26.2 Å². The maximum absolute atomic E-state index is 12.2. The molecule has 0 saturated carbocycles. The van der Waals surface area contributed by atoms with E-state index in [0.29, 0.717) is 13.2 Å². The number of rotatable bonds is 5. The molecule has 2 saturated heterocycles. The van der Waals surface area contributed by atoms with E-state index in [9.17, 15) is 4.79 Å². The summed E-state index contributed by atoms with van der Waals surface area (Å²) in [5, 5.41) is 3.02. The fraction of sp³-hybridized carbons (Fsp3) is 0.688. The van der Waals surface area contributed by atoms with Crippen molar-refractivity contribution in [2.75, 3.05) is 39.5 Å². The highest BCUT2D eigenvalue weighted by Crippen LogP contribution is 2.23. The van der Waals surface area contributed by atoms with E-state index in [0.717, 1.165) is 50.7 Å². The SMILES string of the molecule is Cc1ccc([C@H](CNC(=O)[C@H]2CCCO2)N2CCOCC2)o1. The molecule has 1 aromatic rings. The summed E-state index contributed by atoms with van der Waals surface area (Å²) in [5.74, 6) is 1.77. The second kappa shape index (κ2) is 7.26. The van der Waals surface area contributed by atoms with E-state index in [-0.39, 0.29) is 18.1 Å². The van der Waals surface area contributed by atoms with Crippen LogP contribution in [-0.2, 0) is 14.3 Å². The van der Waals surface area contributed by atoms with Gasteiger partial charge in [0.05, 0.1) is 19.3 Å². The zero-order chi connectivity index (χ0) is 15.4. The Morgan fingerprint density at radius 1 is 1.36 bits per heavy atom. The van der Waals surface area contributed by atoms with E-state index in [1.54, 1.807) is 0 Å². The first-order valence-electron chi connectivity index (χ1n) is 8.01. The van der Waals surface area contributed by atoms with Crippen LogP contribution in [0.25, 0.3) is 0 Å². The number of carbonyl (C=O) groups excluding carboxylic acids is 1. The quantitative estimate of drug-likeness (QED) is 0.887. The first kappa shape index (κ1) is 15.5. The Morgan fingerprint density at radius 3 is 2.82 bits per heavy atom. The highest BCUT2D eigenvalue weighted by molar-refractivity contribution is 5.81. The molecule has 0 aromatic carbocycles. The fourth-order valence-corrected chi connectivity index (χ4v) is 3.03. The Balaban J connectivity index is 1.63. The monoisotopic (exact) mass is 308 g/mol. The van der Waals surface area contributed by atoms with Crippen molar-refractivity contribution in [3.8, 4) is 0 Å². The van der Waals surface area contributed by atoms with Gasteiger partial charge in [-0.3, -0.25) is 9.69 Å². The summed E-state index contributed by atoms with van der Waals surface area (Å²) in [7, 11) is 0. The summed E-state index contributed by atoms with van der Waals surface area (Å²) in [6.45, 7) is 6.28. The molecule has 0 spiro atoms. The van der Waals surface area contributed by atoms with Gasteiger partial charge in [0.25, 0.3) is 0 Å². The average Bonchev–Trinajstić information content (AvgIpc) is 3.20. The molecular formula is C16H24N2O4. The number of amides is 1. The molecule has 6 nitrogen and oxygen atoms in total. The maximum Gasteiger partial charge on any atom is 0.249 e. The number of hydrogen-bond acceptors (Lipinski definition) is 5. The van der Waals surface area contributed by atoms with Gasteiger partial charge in [0.2, 0.25) is 5.91 Å². The molecule has 1 aromatic heterocycles. The van der Waals surface area contributed by atoms with Crippen molar-refractivity contribution < 1.29 is 18.7 Å². The van der Waals surface area contributed by atoms with E-state index in [4.69, 9.17) is 13.9 Å². The number of carbonyl (C=O) groups is 1. The minimum Gasteiger partial charge on any atom is -0.465 e. The van der Waals surface area contributed by atoms with Gasteiger partial charge in [-0.15, -0.1) is 0 Å². The molecule has 0 unspecified atom stereocenters. The predicted molar refractivity (Wildman–Crippen MR) is 80.6 cm³/mol. The topological polar surface area (TPSA) is 63.9 Å². The van der Waals surface area contributed by atoms with Gasteiger partial charge in [-0.25, -0.2) is 0 Å². The predicted octanol–water partition coefficient (Wildman–Crippen LogP) is 1.26. The smallest absolute Gasteiger partial charge is 0.249 e. The van der Waals surface area contributed by atoms with Gasteiger partial charge in [0.1, 0.15) is 17.6 Å². The Kier molecular flexibility index (Phi) is 5.12. The number of hydrogen-bond donors (Lipinski definition) is 1. The van der Waals surface area contributed by atoms with Crippen molar-refractivity contribution in [1.29, 1.82) is 0 Å². The molecule has 2 aliphatic rings. The molecule has 1 amide bonds. The van der Waals surface area contributed by atoms with Crippen molar-refractivity contribution in [2.24, 2.45) is 0 Å². The lowest BCUT2D eigenvalue weighted by molar-refractivity contribution is -0.130. The molecule has 2 fully saturated rings. The summed E-state index contributed by atoms with van der Waals surface area (Å²) in [6, 6.07) is 4.00. The number of morpholine rings is 1. The molecule has 2 aliphatic heterocycles. The molecule has 0 aliphatic carbocycles. The number of ether oxygens (including phenoxy) is 2. The van der Waals surface area contributed by atoms with Crippen molar-refractivity contribution in [2.45, 2.75) is 31.9 Å². The van der Waals surface area contributed by atoms with Gasteiger partial charge in [-0.1, -0.05) is 0 Å². The molecule has 122 valence electrons. The van der Waals surface area contributed by atoms with Crippen molar-refractivity contribution in [3.63, 3.8) is 0 Å². The Bertz CT molecular complexity index is 490. The molecule has 3 heterocycles. The minimum atomic E-state index is -0.288. The highest BCUT2D eigenvalue weighted by Gasteiger charge is 2.28. The Labute approximate surface area is 130 Å². The van der Waals surface area contributed by atoms with Crippen LogP contribution in [0.2, 0.25) is 0 Å². The largest absolute Gasteiger partial charge is 0.465 e. The third-order valence-corrected chi connectivity index (χ3v) is 4.27. The molecule has 3 rings (SSSR count).